The molecule has 0 unspecified atom stereocenters. The predicted octanol–water partition coefficient (Wildman–Crippen LogP) is 4.85. The van der Waals surface area contributed by atoms with E-state index in [1.54, 1.807) is 0 Å². The molecule has 0 aliphatic heterocycles. The molecule has 6 nitrogen and oxygen atoms in total. The Morgan fingerprint density at radius 2 is 1.65 bits per heavy atom. The van der Waals surface area contributed by atoms with Gasteiger partial charge in [0.1, 0.15) is 0 Å². The number of nitrogens with zero attached hydrogens (tertiary/aromatic N) is 4. The molecule has 6 rings (SSSR count). The Bertz CT molecular complexity index is 1550. The van der Waals surface area contributed by atoms with Crippen molar-refractivity contribution in [1.82, 2.24) is 19.6 Å². The highest BCUT2D eigenvalue weighted by Crippen LogP contribution is 2.41. The zero-order valence-electron chi connectivity index (χ0n) is 19.6. The standard InChI is InChI=1S/C28H27N5O/c1-16-13-23-30-18(3)24-17(2)25(19-7-5-4-6-8-19)26(31-27(24)33(23)32-16)20-9-11-21(12-10-20)28(29)14-22(34)15-28/h4-13,22,34H,14-15,29H2,1-3H3/t22-,28-. The first kappa shape index (κ1) is 21.0. The quantitative estimate of drug-likeness (QED) is 0.411. The normalized spacial score (nSPS) is 20.1. The van der Waals surface area contributed by atoms with Gasteiger partial charge in [-0.05, 0) is 50.3 Å². The third-order valence-corrected chi connectivity index (χ3v) is 7.08. The van der Waals surface area contributed by atoms with Crippen molar-refractivity contribution in [2.75, 3.05) is 0 Å². The average molecular weight is 450 g/mol. The van der Waals surface area contributed by atoms with Crippen LogP contribution in [0.1, 0.15) is 35.4 Å². The van der Waals surface area contributed by atoms with Gasteiger partial charge < -0.3 is 10.8 Å². The number of aliphatic hydroxyl groups excluding tert-OH is 1. The lowest BCUT2D eigenvalue weighted by atomic mass is 9.70. The second-order valence-electron chi connectivity index (χ2n) is 9.57. The molecule has 1 aliphatic carbocycles. The van der Waals surface area contributed by atoms with Gasteiger partial charge in [0, 0.05) is 28.1 Å². The van der Waals surface area contributed by atoms with E-state index in [9.17, 15) is 5.11 Å². The molecule has 3 heterocycles. The fourth-order valence-electron chi connectivity index (χ4n) is 5.37. The fraction of sp³-hybridized carbons (Fsp3) is 0.250. The molecule has 0 bridgehead atoms. The number of benzene rings is 2. The molecule has 0 radical (unpaired) electrons. The average Bonchev–Trinajstić information content (AvgIpc) is 3.18. The minimum Gasteiger partial charge on any atom is -0.393 e. The van der Waals surface area contributed by atoms with Crippen molar-refractivity contribution in [3.05, 3.63) is 83.2 Å². The van der Waals surface area contributed by atoms with Gasteiger partial charge in [-0.15, -0.1) is 0 Å². The van der Waals surface area contributed by atoms with Crippen LogP contribution in [0.3, 0.4) is 0 Å². The van der Waals surface area contributed by atoms with Gasteiger partial charge in [-0.25, -0.2) is 9.97 Å². The van der Waals surface area contributed by atoms with Crippen molar-refractivity contribution in [3.8, 4) is 22.4 Å². The highest BCUT2D eigenvalue weighted by atomic mass is 16.3. The van der Waals surface area contributed by atoms with Crippen LogP contribution in [0, 0.1) is 20.8 Å². The van der Waals surface area contributed by atoms with Crippen molar-refractivity contribution in [3.63, 3.8) is 0 Å². The molecule has 0 spiro atoms. The van der Waals surface area contributed by atoms with Crippen LogP contribution in [0.4, 0.5) is 0 Å². The Labute approximate surface area is 198 Å². The summed E-state index contributed by atoms with van der Waals surface area (Å²) in [4.78, 5) is 10.0. The van der Waals surface area contributed by atoms with Crippen LogP contribution < -0.4 is 5.73 Å². The fourth-order valence-corrected chi connectivity index (χ4v) is 5.37. The Morgan fingerprint density at radius 1 is 0.941 bits per heavy atom. The molecule has 0 atom stereocenters. The van der Waals surface area contributed by atoms with Gasteiger partial charge in [0.25, 0.3) is 0 Å². The Morgan fingerprint density at radius 3 is 2.32 bits per heavy atom. The second kappa shape index (κ2) is 7.45. The SMILES string of the molecule is Cc1cc2nc(C)c3c(C)c(-c4ccccc4)c(-c4ccc([C@]5(N)C[C@H](O)C5)cc4)nc3n2n1. The van der Waals surface area contributed by atoms with Crippen LogP contribution in [-0.2, 0) is 5.54 Å². The summed E-state index contributed by atoms with van der Waals surface area (Å²) >= 11 is 0. The summed E-state index contributed by atoms with van der Waals surface area (Å²) in [6.45, 7) is 6.16. The number of aryl methyl sites for hydroxylation is 3. The molecular weight excluding hydrogens is 422 g/mol. The second-order valence-corrected chi connectivity index (χ2v) is 9.57. The van der Waals surface area contributed by atoms with E-state index in [1.807, 2.05) is 30.5 Å². The molecule has 170 valence electrons. The third kappa shape index (κ3) is 3.14. The van der Waals surface area contributed by atoms with Crippen molar-refractivity contribution < 1.29 is 5.11 Å². The summed E-state index contributed by atoms with van der Waals surface area (Å²) in [6, 6.07) is 20.7. The molecule has 34 heavy (non-hydrogen) atoms. The molecule has 6 heteroatoms. The van der Waals surface area contributed by atoms with Crippen molar-refractivity contribution >= 4 is 16.7 Å². The van der Waals surface area contributed by atoms with Crippen LogP contribution in [0.15, 0.2) is 60.7 Å². The predicted molar refractivity (Wildman–Crippen MR) is 134 cm³/mol. The Balaban J connectivity index is 1.63. The number of rotatable bonds is 3. The highest BCUT2D eigenvalue weighted by Gasteiger charge is 2.41. The minimum atomic E-state index is -0.450. The molecule has 5 aromatic rings. The summed E-state index contributed by atoms with van der Waals surface area (Å²) < 4.78 is 1.85. The van der Waals surface area contributed by atoms with Gasteiger partial charge in [0.2, 0.25) is 0 Å². The molecule has 1 aliphatic rings. The van der Waals surface area contributed by atoms with E-state index in [-0.39, 0.29) is 6.10 Å². The molecule has 3 aromatic heterocycles. The summed E-state index contributed by atoms with van der Waals surface area (Å²) in [6.07, 6.45) is 0.881. The maximum Gasteiger partial charge on any atom is 0.165 e. The molecular formula is C28H27N5O. The molecule has 0 saturated heterocycles. The van der Waals surface area contributed by atoms with Crippen molar-refractivity contribution in [1.29, 1.82) is 0 Å². The van der Waals surface area contributed by atoms with Gasteiger partial charge in [-0.3, -0.25) is 0 Å². The maximum absolute atomic E-state index is 9.78. The van der Waals surface area contributed by atoms with Gasteiger partial charge in [-0.1, -0.05) is 54.6 Å². The lowest BCUT2D eigenvalue weighted by Gasteiger charge is -2.42. The molecule has 0 amide bonds. The summed E-state index contributed by atoms with van der Waals surface area (Å²) in [5, 5.41) is 15.5. The van der Waals surface area contributed by atoms with Crippen LogP contribution in [-0.4, -0.2) is 30.8 Å². The largest absolute Gasteiger partial charge is 0.393 e. The van der Waals surface area contributed by atoms with E-state index in [0.717, 1.165) is 61.6 Å². The van der Waals surface area contributed by atoms with Crippen molar-refractivity contribution in [2.24, 2.45) is 5.73 Å². The number of aromatic nitrogens is 4. The van der Waals surface area contributed by atoms with E-state index >= 15 is 0 Å². The van der Waals surface area contributed by atoms with Crippen LogP contribution in [0.25, 0.3) is 39.1 Å². The molecule has 1 fully saturated rings. The third-order valence-electron chi connectivity index (χ3n) is 7.08. The lowest BCUT2D eigenvalue weighted by Crippen LogP contribution is -2.51. The van der Waals surface area contributed by atoms with Gasteiger partial charge in [-0.2, -0.15) is 9.61 Å². The summed E-state index contributed by atoms with van der Waals surface area (Å²) in [5.74, 6) is 0. The van der Waals surface area contributed by atoms with Gasteiger partial charge >= 0.3 is 0 Å². The number of hydrogen-bond acceptors (Lipinski definition) is 5. The highest BCUT2D eigenvalue weighted by molar-refractivity contribution is 5.96. The van der Waals surface area contributed by atoms with Gasteiger partial charge in [0.15, 0.2) is 11.3 Å². The maximum atomic E-state index is 9.78. The first-order chi connectivity index (χ1) is 16.3. The summed E-state index contributed by atoms with van der Waals surface area (Å²) in [7, 11) is 0. The van der Waals surface area contributed by atoms with E-state index < -0.39 is 5.54 Å². The summed E-state index contributed by atoms with van der Waals surface area (Å²) in [5.41, 5.74) is 15.8. The number of aliphatic hydroxyl groups is 1. The minimum absolute atomic E-state index is 0.309. The Hall–Kier alpha value is -3.61. The van der Waals surface area contributed by atoms with E-state index in [4.69, 9.17) is 15.7 Å². The monoisotopic (exact) mass is 449 g/mol. The lowest BCUT2D eigenvalue weighted by molar-refractivity contribution is 0.0209. The van der Waals surface area contributed by atoms with Crippen LogP contribution in [0.2, 0.25) is 0 Å². The smallest absolute Gasteiger partial charge is 0.165 e. The number of fused-ring (bicyclic) bond motifs is 3. The number of pyridine rings is 1. The van der Waals surface area contributed by atoms with E-state index in [1.165, 1.54) is 0 Å². The molecule has 3 N–H and O–H groups in total. The van der Waals surface area contributed by atoms with Crippen LogP contribution >= 0.6 is 0 Å². The first-order valence-electron chi connectivity index (χ1n) is 11.6. The molecule has 2 aromatic carbocycles. The topological polar surface area (TPSA) is 89.3 Å². The van der Waals surface area contributed by atoms with E-state index in [2.05, 4.69) is 60.6 Å². The zero-order chi connectivity index (χ0) is 23.6. The number of nitrogens with two attached hydrogens (primary N) is 1. The van der Waals surface area contributed by atoms with Crippen LogP contribution in [0.5, 0.6) is 0 Å². The first-order valence-corrected chi connectivity index (χ1v) is 11.6. The van der Waals surface area contributed by atoms with E-state index in [0.29, 0.717) is 12.8 Å². The van der Waals surface area contributed by atoms with Gasteiger partial charge in [0.05, 0.1) is 23.2 Å². The Kier molecular flexibility index (Phi) is 4.59. The zero-order valence-corrected chi connectivity index (χ0v) is 19.6. The van der Waals surface area contributed by atoms with Crippen molar-refractivity contribution in [2.45, 2.75) is 45.3 Å². The number of hydrogen-bond donors (Lipinski definition) is 2. The molecule has 1 saturated carbocycles.